The summed E-state index contributed by atoms with van der Waals surface area (Å²) in [6.07, 6.45) is 5.77. The van der Waals surface area contributed by atoms with E-state index in [0.717, 1.165) is 23.1 Å². The van der Waals surface area contributed by atoms with E-state index in [1.807, 2.05) is 12.1 Å². The number of benzene rings is 2. The van der Waals surface area contributed by atoms with Gasteiger partial charge in [-0.2, -0.15) is 0 Å². The average Bonchev–Trinajstić information content (AvgIpc) is 2.80. The van der Waals surface area contributed by atoms with Crippen LogP contribution in [0.15, 0.2) is 61.2 Å². The van der Waals surface area contributed by atoms with E-state index in [0.29, 0.717) is 12.8 Å². The number of rotatable bonds is 4. The predicted octanol–water partition coefficient (Wildman–Crippen LogP) is 3.35. The van der Waals surface area contributed by atoms with Gasteiger partial charge in [0.15, 0.2) is 0 Å². The van der Waals surface area contributed by atoms with Gasteiger partial charge in [0.2, 0.25) is 0 Å². The molecule has 5 heteroatoms. The monoisotopic (exact) mass is 414 g/mol. The van der Waals surface area contributed by atoms with Crippen LogP contribution in [0.1, 0.15) is 52.3 Å². The molecule has 4 rings (SSSR count). The third-order valence-corrected chi connectivity index (χ3v) is 5.59. The Balaban J connectivity index is 1.48. The van der Waals surface area contributed by atoms with Crippen molar-refractivity contribution < 1.29 is 14.9 Å². The first kappa shape index (κ1) is 21.2. The van der Waals surface area contributed by atoms with Gasteiger partial charge in [0.25, 0.3) is 0 Å². The van der Waals surface area contributed by atoms with Crippen molar-refractivity contribution in [3.05, 3.63) is 94.6 Å². The first-order chi connectivity index (χ1) is 15.1. The van der Waals surface area contributed by atoms with E-state index in [1.165, 1.54) is 23.0 Å². The Morgan fingerprint density at radius 1 is 1.00 bits per heavy atom. The molecule has 2 aromatic carbocycles. The van der Waals surface area contributed by atoms with Crippen LogP contribution in [0.3, 0.4) is 0 Å². The second-order valence-corrected chi connectivity index (χ2v) is 7.99. The molecule has 1 aromatic heterocycles. The van der Waals surface area contributed by atoms with Crippen LogP contribution < -0.4 is 0 Å². The molecule has 0 saturated carbocycles. The van der Waals surface area contributed by atoms with Crippen LogP contribution in [-0.2, 0) is 11.2 Å². The fourth-order valence-corrected chi connectivity index (χ4v) is 3.84. The molecule has 0 radical (unpaired) electrons. The fraction of sp³-hybridized carbons (Fsp3) is 0.308. The molecule has 0 aliphatic carbocycles. The summed E-state index contributed by atoms with van der Waals surface area (Å²) in [6, 6.07) is 14.6. The van der Waals surface area contributed by atoms with Gasteiger partial charge in [-0.05, 0) is 47.7 Å². The van der Waals surface area contributed by atoms with Crippen molar-refractivity contribution in [3.8, 4) is 11.8 Å². The van der Waals surface area contributed by atoms with Crippen LogP contribution in [-0.4, -0.2) is 39.0 Å². The van der Waals surface area contributed by atoms with E-state index in [2.05, 4.69) is 59.1 Å². The fourth-order valence-electron chi connectivity index (χ4n) is 3.84. The maximum atomic E-state index is 10.1. The molecule has 0 spiro atoms. The van der Waals surface area contributed by atoms with Crippen molar-refractivity contribution in [2.75, 3.05) is 6.61 Å². The molecular weight excluding hydrogens is 388 g/mol. The average molecular weight is 415 g/mol. The number of aromatic nitrogens is 2. The maximum Gasteiger partial charge on any atom is 0.115 e. The normalized spacial score (nSPS) is 20.7. The highest BCUT2D eigenvalue weighted by Gasteiger charge is 2.29. The van der Waals surface area contributed by atoms with Gasteiger partial charge in [-0.3, -0.25) is 0 Å². The van der Waals surface area contributed by atoms with Crippen molar-refractivity contribution in [3.63, 3.8) is 0 Å². The molecule has 0 bridgehead atoms. The zero-order chi connectivity index (χ0) is 21.6. The largest absolute Gasteiger partial charge is 0.394 e. The summed E-state index contributed by atoms with van der Waals surface area (Å²) >= 11 is 0. The summed E-state index contributed by atoms with van der Waals surface area (Å²) < 4.78 is 5.98. The van der Waals surface area contributed by atoms with Gasteiger partial charge in [0.1, 0.15) is 6.33 Å². The Labute approximate surface area is 182 Å². The Bertz CT molecular complexity index is 1070. The highest BCUT2D eigenvalue weighted by molar-refractivity contribution is 5.43. The number of nitrogens with zero attached hydrogens (tertiary/aromatic N) is 2. The van der Waals surface area contributed by atoms with E-state index < -0.39 is 6.10 Å². The van der Waals surface area contributed by atoms with Crippen LogP contribution in [0.4, 0.5) is 0 Å². The third-order valence-electron chi connectivity index (χ3n) is 5.59. The van der Waals surface area contributed by atoms with Crippen LogP contribution in [0.5, 0.6) is 0 Å². The lowest BCUT2D eigenvalue weighted by atomic mass is 9.92. The molecule has 1 fully saturated rings. The molecule has 31 heavy (non-hydrogen) atoms. The smallest absolute Gasteiger partial charge is 0.115 e. The number of ether oxygens (including phenoxy) is 1. The first-order valence-corrected chi connectivity index (χ1v) is 10.5. The molecule has 158 valence electrons. The Morgan fingerprint density at radius 2 is 1.74 bits per heavy atom. The predicted molar refractivity (Wildman–Crippen MR) is 118 cm³/mol. The van der Waals surface area contributed by atoms with E-state index in [-0.39, 0.29) is 18.8 Å². The molecule has 3 aromatic rings. The number of hydrogen-bond acceptors (Lipinski definition) is 5. The quantitative estimate of drug-likeness (QED) is 0.641. The Morgan fingerprint density at radius 3 is 2.48 bits per heavy atom. The molecule has 1 aliphatic heterocycles. The highest BCUT2D eigenvalue weighted by atomic mass is 16.5. The van der Waals surface area contributed by atoms with Gasteiger partial charge in [-0.1, -0.05) is 42.2 Å². The minimum atomic E-state index is -0.447. The maximum absolute atomic E-state index is 10.1. The van der Waals surface area contributed by atoms with E-state index in [1.54, 1.807) is 12.4 Å². The zero-order valence-corrected chi connectivity index (χ0v) is 17.5. The SMILES string of the molecule is Cc1ccc([C@H]2CC(O)CC(CO)O2)cc1Cc1ccc(C#Cc2cncnc2)cc1. The summed E-state index contributed by atoms with van der Waals surface area (Å²) in [7, 11) is 0. The van der Waals surface area contributed by atoms with Crippen molar-refractivity contribution in [1.29, 1.82) is 0 Å². The molecule has 2 unspecified atom stereocenters. The van der Waals surface area contributed by atoms with Crippen LogP contribution >= 0.6 is 0 Å². The highest BCUT2D eigenvalue weighted by Crippen LogP contribution is 2.32. The second kappa shape index (κ2) is 9.84. The van der Waals surface area contributed by atoms with Crippen molar-refractivity contribution in [2.24, 2.45) is 0 Å². The van der Waals surface area contributed by atoms with E-state index in [4.69, 9.17) is 4.74 Å². The summed E-state index contributed by atoms with van der Waals surface area (Å²) in [6.45, 7) is 2.03. The van der Waals surface area contributed by atoms with Gasteiger partial charge in [-0.25, -0.2) is 9.97 Å². The van der Waals surface area contributed by atoms with Gasteiger partial charge in [-0.15, -0.1) is 0 Å². The number of aryl methyl sites for hydroxylation is 1. The summed E-state index contributed by atoms with van der Waals surface area (Å²) in [5, 5.41) is 19.6. The minimum absolute atomic E-state index is 0.0706. The van der Waals surface area contributed by atoms with Crippen LogP contribution in [0, 0.1) is 18.8 Å². The van der Waals surface area contributed by atoms with Crippen molar-refractivity contribution in [1.82, 2.24) is 9.97 Å². The number of aliphatic hydroxyl groups is 2. The van der Waals surface area contributed by atoms with Gasteiger partial charge in [0.05, 0.1) is 30.5 Å². The molecule has 5 nitrogen and oxygen atoms in total. The minimum Gasteiger partial charge on any atom is -0.394 e. The lowest BCUT2D eigenvalue weighted by molar-refractivity contribution is -0.113. The van der Waals surface area contributed by atoms with Crippen molar-refractivity contribution >= 4 is 0 Å². The zero-order valence-electron chi connectivity index (χ0n) is 17.5. The summed E-state index contributed by atoms with van der Waals surface area (Å²) in [5.74, 6) is 6.21. The Kier molecular flexibility index (Phi) is 6.73. The summed E-state index contributed by atoms with van der Waals surface area (Å²) in [4.78, 5) is 7.94. The molecule has 0 amide bonds. The lowest BCUT2D eigenvalue weighted by Gasteiger charge is -2.32. The molecule has 2 N–H and O–H groups in total. The van der Waals surface area contributed by atoms with Crippen LogP contribution in [0.25, 0.3) is 0 Å². The first-order valence-electron chi connectivity index (χ1n) is 10.5. The van der Waals surface area contributed by atoms with Crippen molar-refractivity contribution in [2.45, 2.75) is 44.5 Å². The molecule has 3 atom stereocenters. The number of hydrogen-bond donors (Lipinski definition) is 2. The van der Waals surface area contributed by atoms with Gasteiger partial charge >= 0.3 is 0 Å². The van der Waals surface area contributed by atoms with Gasteiger partial charge < -0.3 is 14.9 Å². The second-order valence-electron chi connectivity index (χ2n) is 7.99. The molecular formula is C26H26N2O3. The topological polar surface area (TPSA) is 75.5 Å². The number of aliphatic hydroxyl groups excluding tert-OH is 2. The lowest BCUT2D eigenvalue weighted by Crippen LogP contribution is -2.33. The third kappa shape index (κ3) is 5.56. The van der Waals surface area contributed by atoms with Gasteiger partial charge in [0, 0.05) is 30.8 Å². The standard InChI is InChI=1S/C26H26N2O3/c1-18-2-9-22(26-13-24(30)12-25(16-29)31-26)11-23(18)10-20-6-3-19(4-7-20)5-8-21-14-27-17-28-15-21/h2-4,6-7,9,11,14-15,17,24-26,29-30H,10,12-13,16H2,1H3/t24?,25?,26-/m1/s1. The van der Waals surface area contributed by atoms with E-state index in [9.17, 15) is 10.2 Å². The summed E-state index contributed by atoms with van der Waals surface area (Å²) in [5.41, 5.74) is 6.42. The van der Waals surface area contributed by atoms with E-state index >= 15 is 0 Å². The molecule has 1 aliphatic rings. The molecule has 1 saturated heterocycles. The van der Waals surface area contributed by atoms with Crippen LogP contribution in [0.2, 0.25) is 0 Å². The Hall–Kier alpha value is -3.04. The molecule has 2 heterocycles.